The third-order valence-electron chi connectivity index (χ3n) is 2.35. The fourth-order valence-electron chi connectivity index (χ4n) is 1.45. The van der Waals surface area contributed by atoms with Crippen molar-refractivity contribution >= 4 is 5.97 Å². The average molecular weight is 250 g/mol. The Morgan fingerprint density at radius 3 is 2.41 bits per heavy atom. The molecule has 0 bridgehead atoms. The summed E-state index contributed by atoms with van der Waals surface area (Å²) < 4.78 is 49.9. The van der Waals surface area contributed by atoms with Crippen molar-refractivity contribution < 1.29 is 27.5 Å². The number of carboxylic acids is 1. The van der Waals surface area contributed by atoms with Crippen molar-refractivity contribution in [1.29, 1.82) is 0 Å². The van der Waals surface area contributed by atoms with E-state index in [9.17, 15) is 22.4 Å². The molecular formula is C11H10F4O2. The Bertz CT molecular complexity index is 426. The van der Waals surface area contributed by atoms with Crippen LogP contribution in [0.15, 0.2) is 18.2 Å². The average Bonchev–Trinajstić information content (AvgIpc) is 2.14. The van der Waals surface area contributed by atoms with Gasteiger partial charge in [-0.3, -0.25) is 4.79 Å². The minimum absolute atomic E-state index is 0.234. The molecule has 1 atom stereocenters. The first kappa shape index (κ1) is 13.5. The lowest BCUT2D eigenvalue weighted by atomic mass is 9.96. The molecule has 0 unspecified atom stereocenters. The van der Waals surface area contributed by atoms with E-state index in [1.165, 1.54) is 6.92 Å². The summed E-state index contributed by atoms with van der Waals surface area (Å²) in [5.74, 6) is -3.01. The molecule has 1 rings (SSSR count). The molecule has 17 heavy (non-hydrogen) atoms. The first-order valence-electron chi connectivity index (χ1n) is 4.80. The third-order valence-corrected chi connectivity index (χ3v) is 2.35. The van der Waals surface area contributed by atoms with Crippen LogP contribution in [0.3, 0.4) is 0 Å². The SMILES string of the molecule is C[C@H](CC(=O)O)c1ccc(C(F)(F)F)c(F)c1. The van der Waals surface area contributed by atoms with Crippen molar-refractivity contribution in [1.82, 2.24) is 0 Å². The quantitative estimate of drug-likeness (QED) is 0.834. The summed E-state index contributed by atoms with van der Waals surface area (Å²) in [7, 11) is 0. The predicted molar refractivity (Wildman–Crippen MR) is 52.1 cm³/mol. The molecule has 0 fully saturated rings. The third kappa shape index (κ3) is 3.44. The van der Waals surface area contributed by atoms with E-state index in [2.05, 4.69) is 0 Å². The van der Waals surface area contributed by atoms with Crippen LogP contribution >= 0.6 is 0 Å². The van der Waals surface area contributed by atoms with E-state index in [-0.39, 0.29) is 12.0 Å². The molecule has 6 heteroatoms. The summed E-state index contributed by atoms with van der Waals surface area (Å²) in [6.45, 7) is 1.51. The molecule has 0 saturated heterocycles. The zero-order valence-corrected chi connectivity index (χ0v) is 8.88. The number of aliphatic carboxylic acids is 1. The van der Waals surface area contributed by atoms with Gasteiger partial charge in [-0.2, -0.15) is 13.2 Å². The molecule has 0 aliphatic rings. The highest BCUT2D eigenvalue weighted by atomic mass is 19.4. The van der Waals surface area contributed by atoms with Gasteiger partial charge < -0.3 is 5.11 Å². The number of alkyl halides is 3. The van der Waals surface area contributed by atoms with Crippen LogP contribution in [0.5, 0.6) is 0 Å². The summed E-state index contributed by atoms with van der Waals surface area (Å²) in [6.07, 6.45) is -5.00. The highest BCUT2D eigenvalue weighted by Crippen LogP contribution is 2.33. The second-order valence-electron chi connectivity index (χ2n) is 3.74. The lowest BCUT2D eigenvalue weighted by molar-refractivity contribution is -0.140. The lowest BCUT2D eigenvalue weighted by Gasteiger charge is -2.12. The van der Waals surface area contributed by atoms with Gasteiger partial charge in [-0.15, -0.1) is 0 Å². The van der Waals surface area contributed by atoms with Crippen LogP contribution in [0.25, 0.3) is 0 Å². The summed E-state index contributed by atoms with van der Waals surface area (Å²) >= 11 is 0. The molecule has 0 spiro atoms. The van der Waals surface area contributed by atoms with Crippen molar-refractivity contribution in [3.8, 4) is 0 Å². The summed E-state index contributed by atoms with van der Waals surface area (Å²) in [5, 5.41) is 8.52. The molecule has 0 amide bonds. The molecule has 0 aliphatic heterocycles. The Kier molecular flexibility index (Phi) is 3.75. The van der Waals surface area contributed by atoms with E-state index in [0.29, 0.717) is 6.07 Å². The van der Waals surface area contributed by atoms with Gasteiger partial charge >= 0.3 is 12.1 Å². The van der Waals surface area contributed by atoms with Crippen LogP contribution in [-0.2, 0) is 11.0 Å². The number of carboxylic acid groups (broad SMARTS) is 1. The van der Waals surface area contributed by atoms with E-state index in [0.717, 1.165) is 12.1 Å². The van der Waals surface area contributed by atoms with Gasteiger partial charge in [0.1, 0.15) is 5.82 Å². The fourth-order valence-corrected chi connectivity index (χ4v) is 1.45. The fraction of sp³-hybridized carbons (Fsp3) is 0.364. The standard InChI is InChI=1S/C11H10F4O2/c1-6(4-10(16)17)7-2-3-8(9(12)5-7)11(13,14)15/h2-3,5-6H,4H2,1H3,(H,16,17)/t6-/m1/s1. The molecule has 1 aromatic carbocycles. The van der Waals surface area contributed by atoms with Crippen molar-refractivity contribution in [2.24, 2.45) is 0 Å². The summed E-state index contributed by atoms with van der Waals surface area (Å²) in [5.41, 5.74) is -1.11. The van der Waals surface area contributed by atoms with Gasteiger partial charge in [0.15, 0.2) is 0 Å². The minimum atomic E-state index is -4.74. The number of carbonyl (C=O) groups is 1. The second kappa shape index (κ2) is 4.73. The minimum Gasteiger partial charge on any atom is -0.481 e. The topological polar surface area (TPSA) is 37.3 Å². The number of rotatable bonds is 3. The van der Waals surface area contributed by atoms with E-state index >= 15 is 0 Å². The van der Waals surface area contributed by atoms with Gasteiger partial charge in [0.25, 0.3) is 0 Å². The smallest absolute Gasteiger partial charge is 0.419 e. The van der Waals surface area contributed by atoms with E-state index in [4.69, 9.17) is 5.11 Å². The number of benzene rings is 1. The molecule has 94 valence electrons. The van der Waals surface area contributed by atoms with Crippen LogP contribution in [-0.4, -0.2) is 11.1 Å². The summed E-state index contributed by atoms with van der Waals surface area (Å²) in [4.78, 5) is 10.4. The Balaban J connectivity index is 3.00. The second-order valence-corrected chi connectivity index (χ2v) is 3.74. The highest BCUT2D eigenvalue weighted by Gasteiger charge is 2.34. The van der Waals surface area contributed by atoms with Gasteiger partial charge in [0.05, 0.1) is 12.0 Å². The van der Waals surface area contributed by atoms with Gasteiger partial charge in [-0.05, 0) is 23.6 Å². The Hall–Kier alpha value is -1.59. The van der Waals surface area contributed by atoms with Gasteiger partial charge in [-0.1, -0.05) is 13.0 Å². The van der Waals surface area contributed by atoms with E-state index < -0.39 is 29.4 Å². The maximum Gasteiger partial charge on any atom is 0.419 e. The van der Waals surface area contributed by atoms with Crippen LogP contribution < -0.4 is 0 Å². The van der Waals surface area contributed by atoms with Crippen LogP contribution in [0.4, 0.5) is 17.6 Å². The van der Waals surface area contributed by atoms with Gasteiger partial charge in [0.2, 0.25) is 0 Å². The molecule has 0 aliphatic carbocycles. The Morgan fingerprint density at radius 1 is 1.41 bits per heavy atom. The van der Waals surface area contributed by atoms with Crippen LogP contribution in [0, 0.1) is 5.82 Å². The van der Waals surface area contributed by atoms with Gasteiger partial charge in [-0.25, -0.2) is 4.39 Å². The van der Waals surface area contributed by atoms with Crippen molar-refractivity contribution in [3.63, 3.8) is 0 Å². The van der Waals surface area contributed by atoms with Crippen LogP contribution in [0.1, 0.15) is 30.4 Å². The first-order valence-corrected chi connectivity index (χ1v) is 4.80. The summed E-state index contributed by atoms with van der Waals surface area (Å²) in [6, 6.07) is 2.46. The van der Waals surface area contributed by atoms with Crippen molar-refractivity contribution in [2.45, 2.75) is 25.4 Å². The van der Waals surface area contributed by atoms with Crippen molar-refractivity contribution in [3.05, 3.63) is 35.1 Å². The zero-order chi connectivity index (χ0) is 13.2. The maximum atomic E-state index is 13.2. The largest absolute Gasteiger partial charge is 0.481 e. The predicted octanol–water partition coefficient (Wildman–Crippen LogP) is 3.42. The van der Waals surface area contributed by atoms with E-state index in [1.807, 2.05) is 0 Å². The molecule has 0 radical (unpaired) electrons. The maximum absolute atomic E-state index is 13.2. The molecular weight excluding hydrogens is 240 g/mol. The zero-order valence-electron chi connectivity index (χ0n) is 8.88. The molecule has 1 N–H and O–H groups in total. The Labute approximate surface area is 94.9 Å². The van der Waals surface area contributed by atoms with Crippen molar-refractivity contribution in [2.75, 3.05) is 0 Å². The molecule has 0 aromatic heterocycles. The Morgan fingerprint density at radius 2 is 2.00 bits per heavy atom. The lowest BCUT2D eigenvalue weighted by Crippen LogP contribution is -2.09. The van der Waals surface area contributed by atoms with Crippen LogP contribution in [0.2, 0.25) is 0 Å². The molecule has 0 heterocycles. The van der Waals surface area contributed by atoms with Gasteiger partial charge in [0, 0.05) is 0 Å². The molecule has 2 nitrogen and oxygen atoms in total. The number of hydrogen-bond donors (Lipinski definition) is 1. The number of hydrogen-bond acceptors (Lipinski definition) is 1. The monoisotopic (exact) mass is 250 g/mol. The normalized spacial score (nSPS) is 13.5. The molecule has 0 saturated carbocycles. The first-order chi connectivity index (χ1) is 7.71. The highest BCUT2D eigenvalue weighted by molar-refractivity contribution is 5.67. The number of halogens is 4. The molecule has 1 aromatic rings. The van der Waals surface area contributed by atoms with E-state index in [1.54, 1.807) is 0 Å².